The Kier molecular flexibility index (Phi) is 6.04. The van der Waals surface area contributed by atoms with Crippen LogP contribution >= 0.6 is 0 Å². The van der Waals surface area contributed by atoms with Gasteiger partial charge in [0.15, 0.2) is 0 Å². The van der Waals surface area contributed by atoms with E-state index in [1.807, 2.05) is 31.2 Å². The van der Waals surface area contributed by atoms with Gasteiger partial charge in [0.25, 0.3) is 11.8 Å². The molecule has 0 aliphatic carbocycles. The highest BCUT2D eigenvalue weighted by Gasteiger charge is 2.19. The summed E-state index contributed by atoms with van der Waals surface area (Å²) in [6.45, 7) is 2.00. The van der Waals surface area contributed by atoms with Gasteiger partial charge in [-0.25, -0.2) is 4.79 Å². The Morgan fingerprint density at radius 2 is 1.17 bits per heavy atom. The maximum absolute atomic E-state index is 12.8. The van der Waals surface area contributed by atoms with Crippen molar-refractivity contribution >= 4 is 29.2 Å². The third kappa shape index (κ3) is 4.50. The molecule has 6 heteroatoms. The molecule has 3 N–H and O–H groups in total. The monoisotopic (exact) mass is 388 g/mol. The molecular formula is C23H20N2O4. The first-order chi connectivity index (χ1) is 14.0. The van der Waals surface area contributed by atoms with Gasteiger partial charge >= 0.3 is 5.97 Å². The molecule has 6 nitrogen and oxygen atoms in total. The van der Waals surface area contributed by atoms with Crippen LogP contribution in [0.2, 0.25) is 0 Å². The predicted octanol–water partition coefficient (Wildman–Crippen LogP) is 4.45. The summed E-state index contributed by atoms with van der Waals surface area (Å²) >= 11 is 0. The van der Waals surface area contributed by atoms with Gasteiger partial charge < -0.3 is 15.7 Å². The number of rotatable bonds is 6. The zero-order chi connectivity index (χ0) is 20.8. The standard InChI is InChI=1S/C23H20N2O4/c1-2-15-9-3-7-13-19(15)24-22(27)18-12-6-8-14-20(18)25-21(26)16-10-4-5-11-17(16)23(28)29/h3-14H,2H2,1H3,(H,24,27)(H,25,26)(H,28,29). The molecule has 146 valence electrons. The Labute approximate surface area is 168 Å². The summed E-state index contributed by atoms with van der Waals surface area (Å²) in [5.41, 5.74) is 2.19. The molecule has 0 unspecified atom stereocenters. The lowest BCUT2D eigenvalue weighted by Crippen LogP contribution is -2.20. The second-order valence-corrected chi connectivity index (χ2v) is 6.32. The van der Waals surface area contributed by atoms with Crippen molar-refractivity contribution in [3.05, 3.63) is 95.1 Å². The van der Waals surface area contributed by atoms with Gasteiger partial charge in [-0.2, -0.15) is 0 Å². The second kappa shape index (κ2) is 8.84. The molecule has 0 saturated carbocycles. The molecule has 0 fully saturated rings. The van der Waals surface area contributed by atoms with E-state index in [1.165, 1.54) is 12.1 Å². The SMILES string of the molecule is CCc1ccccc1NC(=O)c1ccccc1NC(=O)c1ccccc1C(=O)O. The summed E-state index contributed by atoms with van der Waals surface area (Å²) in [5.74, 6) is -2.16. The van der Waals surface area contributed by atoms with Crippen LogP contribution in [0.15, 0.2) is 72.8 Å². The molecule has 0 atom stereocenters. The van der Waals surface area contributed by atoms with Crippen LogP contribution in [0.3, 0.4) is 0 Å². The van der Waals surface area contributed by atoms with Gasteiger partial charge in [0.1, 0.15) is 0 Å². The summed E-state index contributed by atoms with van der Waals surface area (Å²) < 4.78 is 0. The van der Waals surface area contributed by atoms with Gasteiger partial charge in [-0.05, 0) is 42.3 Å². The van der Waals surface area contributed by atoms with E-state index in [2.05, 4.69) is 10.6 Å². The number of anilines is 2. The van der Waals surface area contributed by atoms with Crippen molar-refractivity contribution in [2.75, 3.05) is 10.6 Å². The first kappa shape index (κ1) is 19.8. The van der Waals surface area contributed by atoms with Gasteiger partial charge in [-0.15, -0.1) is 0 Å². The number of hydrogen-bond acceptors (Lipinski definition) is 3. The third-order valence-corrected chi connectivity index (χ3v) is 4.47. The van der Waals surface area contributed by atoms with E-state index in [9.17, 15) is 19.5 Å². The van der Waals surface area contributed by atoms with Crippen LogP contribution in [0.1, 0.15) is 43.6 Å². The highest BCUT2D eigenvalue weighted by Crippen LogP contribution is 2.21. The molecule has 3 rings (SSSR count). The highest BCUT2D eigenvalue weighted by molar-refractivity contribution is 6.14. The molecule has 3 aromatic rings. The van der Waals surface area contributed by atoms with E-state index in [1.54, 1.807) is 36.4 Å². The minimum absolute atomic E-state index is 0.0199. The van der Waals surface area contributed by atoms with Crippen molar-refractivity contribution in [3.63, 3.8) is 0 Å². The Hall–Kier alpha value is -3.93. The smallest absolute Gasteiger partial charge is 0.336 e. The van der Waals surface area contributed by atoms with E-state index < -0.39 is 11.9 Å². The van der Waals surface area contributed by atoms with Crippen LogP contribution in [0.5, 0.6) is 0 Å². The zero-order valence-corrected chi connectivity index (χ0v) is 15.8. The van der Waals surface area contributed by atoms with E-state index in [0.29, 0.717) is 11.4 Å². The second-order valence-electron chi connectivity index (χ2n) is 6.32. The molecule has 0 bridgehead atoms. The predicted molar refractivity (Wildman–Crippen MR) is 112 cm³/mol. The summed E-state index contributed by atoms with van der Waals surface area (Å²) in [5, 5.41) is 14.8. The lowest BCUT2D eigenvalue weighted by Gasteiger charge is -2.14. The third-order valence-electron chi connectivity index (χ3n) is 4.47. The first-order valence-electron chi connectivity index (χ1n) is 9.13. The van der Waals surface area contributed by atoms with E-state index in [0.717, 1.165) is 12.0 Å². The van der Waals surface area contributed by atoms with Crippen LogP contribution in [-0.4, -0.2) is 22.9 Å². The largest absolute Gasteiger partial charge is 0.478 e. The number of aromatic carboxylic acids is 1. The first-order valence-corrected chi connectivity index (χ1v) is 9.13. The average Bonchev–Trinajstić information content (AvgIpc) is 2.74. The van der Waals surface area contributed by atoms with Crippen LogP contribution in [0.25, 0.3) is 0 Å². The quantitative estimate of drug-likeness (QED) is 0.581. The van der Waals surface area contributed by atoms with Gasteiger partial charge in [0, 0.05) is 5.69 Å². The van der Waals surface area contributed by atoms with Gasteiger partial charge in [0.05, 0.1) is 22.4 Å². The molecule has 3 aromatic carbocycles. The number of para-hydroxylation sites is 2. The van der Waals surface area contributed by atoms with Gasteiger partial charge in [0.2, 0.25) is 0 Å². The van der Waals surface area contributed by atoms with E-state index in [4.69, 9.17) is 0 Å². The minimum Gasteiger partial charge on any atom is -0.478 e. The Bertz CT molecular complexity index is 1080. The Morgan fingerprint density at radius 3 is 1.83 bits per heavy atom. The van der Waals surface area contributed by atoms with Crippen molar-refractivity contribution in [3.8, 4) is 0 Å². The average molecular weight is 388 g/mol. The summed E-state index contributed by atoms with van der Waals surface area (Å²) in [6, 6.07) is 20.0. The topological polar surface area (TPSA) is 95.5 Å². The summed E-state index contributed by atoms with van der Waals surface area (Å²) in [4.78, 5) is 36.9. The van der Waals surface area contributed by atoms with Crippen molar-refractivity contribution in [1.29, 1.82) is 0 Å². The number of carboxylic acid groups (broad SMARTS) is 1. The fraction of sp³-hybridized carbons (Fsp3) is 0.0870. The lowest BCUT2D eigenvalue weighted by atomic mass is 10.1. The minimum atomic E-state index is -1.20. The zero-order valence-electron chi connectivity index (χ0n) is 15.8. The molecule has 0 heterocycles. The Morgan fingerprint density at radius 1 is 0.690 bits per heavy atom. The number of carbonyl (C=O) groups is 3. The number of carboxylic acids is 1. The van der Waals surface area contributed by atoms with Crippen LogP contribution in [0.4, 0.5) is 11.4 Å². The van der Waals surface area contributed by atoms with Crippen LogP contribution in [-0.2, 0) is 6.42 Å². The Balaban J connectivity index is 1.87. The molecule has 0 saturated heterocycles. The molecule has 0 aliphatic rings. The normalized spacial score (nSPS) is 10.2. The fourth-order valence-corrected chi connectivity index (χ4v) is 2.99. The lowest BCUT2D eigenvalue weighted by molar-refractivity contribution is 0.0692. The molecule has 0 aromatic heterocycles. The van der Waals surface area contributed by atoms with Gasteiger partial charge in [-0.3, -0.25) is 9.59 Å². The molecule has 0 aliphatic heterocycles. The molecule has 2 amide bonds. The number of aryl methyl sites for hydroxylation is 1. The van der Waals surface area contributed by atoms with Crippen molar-refractivity contribution in [2.24, 2.45) is 0 Å². The summed E-state index contributed by atoms with van der Waals surface area (Å²) in [6.07, 6.45) is 0.765. The van der Waals surface area contributed by atoms with Crippen LogP contribution in [0, 0.1) is 0 Å². The maximum Gasteiger partial charge on any atom is 0.336 e. The van der Waals surface area contributed by atoms with E-state index in [-0.39, 0.29) is 22.6 Å². The van der Waals surface area contributed by atoms with Crippen molar-refractivity contribution in [2.45, 2.75) is 13.3 Å². The van der Waals surface area contributed by atoms with E-state index >= 15 is 0 Å². The maximum atomic E-state index is 12.8. The highest BCUT2D eigenvalue weighted by atomic mass is 16.4. The van der Waals surface area contributed by atoms with Gasteiger partial charge in [-0.1, -0.05) is 49.4 Å². The number of nitrogens with one attached hydrogen (secondary N) is 2. The van der Waals surface area contributed by atoms with Crippen molar-refractivity contribution in [1.82, 2.24) is 0 Å². The summed E-state index contributed by atoms with van der Waals surface area (Å²) in [7, 11) is 0. The fourth-order valence-electron chi connectivity index (χ4n) is 2.99. The number of benzene rings is 3. The number of amides is 2. The molecule has 0 radical (unpaired) electrons. The number of carbonyl (C=O) groups excluding carboxylic acids is 2. The number of hydrogen-bond donors (Lipinski definition) is 3. The molecule has 29 heavy (non-hydrogen) atoms. The van der Waals surface area contributed by atoms with Crippen LogP contribution < -0.4 is 10.6 Å². The van der Waals surface area contributed by atoms with Crippen molar-refractivity contribution < 1.29 is 19.5 Å². The molecule has 0 spiro atoms. The molecular weight excluding hydrogens is 368 g/mol.